The summed E-state index contributed by atoms with van der Waals surface area (Å²) in [7, 11) is 0. The van der Waals surface area contributed by atoms with Gasteiger partial charge in [0.2, 0.25) is 0 Å². The van der Waals surface area contributed by atoms with Gasteiger partial charge in [0.15, 0.2) is 0 Å². The third-order valence-corrected chi connectivity index (χ3v) is 3.39. The zero-order valence-corrected chi connectivity index (χ0v) is 8.52. The van der Waals surface area contributed by atoms with Crippen molar-refractivity contribution in [3.05, 3.63) is 35.9 Å². The van der Waals surface area contributed by atoms with Gasteiger partial charge in [-0.2, -0.15) is 0 Å². The van der Waals surface area contributed by atoms with E-state index >= 15 is 0 Å². The predicted octanol–water partition coefficient (Wildman–Crippen LogP) is 2.95. The Morgan fingerprint density at radius 3 is 2.36 bits per heavy atom. The highest BCUT2D eigenvalue weighted by Crippen LogP contribution is 2.36. The molecule has 0 unspecified atom stereocenters. The van der Waals surface area contributed by atoms with Gasteiger partial charge in [0.1, 0.15) is 0 Å². The Kier molecular flexibility index (Phi) is 3.20. The molecule has 0 heterocycles. The highest BCUT2D eigenvalue weighted by Gasteiger charge is 2.25. The molecule has 1 aromatic rings. The first-order valence-corrected chi connectivity index (χ1v) is 5.57. The molecule has 1 aromatic carbocycles. The SMILES string of the molecule is OC[C@@H](c1ccccc1)C1CCCC1. The number of rotatable bonds is 3. The van der Waals surface area contributed by atoms with Crippen molar-refractivity contribution in [3.8, 4) is 0 Å². The summed E-state index contributed by atoms with van der Waals surface area (Å²) in [4.78, 5) is 0. The maximum Gasteiger partial charge on any atom is 0.0502 e. The Labute approximate surface area is 85.8 Å². The number of aliphatic hydroxyl groups is 1. The zero-order chi connectivity index (χ0) is 9.80. The highest BCUT2D eigenvalue weighted by atomic mass is 16.3. The molecule has 2 rings (SSSR count). The van der Waals surface area contributed by atoms with Crippen LogP contribution in [0.2, 0.25) is 0 Å². The van der Waals surface area contributed by atoms with Crippen molar-refractivity contribution in [1.82, 2.24) is 0 Å². The topological polar surface area (TPSA) is 20.2 Å². The average molecular weight is 190 g/mol. The van der Waals surface area contributed by atoms with Gasteiger partial charge in [-0.15, -0.1) is 0 Å². The van der Waals surface area contributed by atoms with Gasteiger partial charge in [-0.1, -0.05) is 43.2 Å². The van der Waals surface area contributed by atoms with Gasteiger partial charge < -0.3 is 5.11 Å². The smallest absolute Gasteiger partial charge is 0.0502 e. The van der Waals surface area contributed by atoms with Crippen LogP contribution in [0.5, 0.6) is 0 Å². The van der Waals surface area contributed by atoms with Crippen molar-refractivity contribution >= 4 is 0 Å². The first-order chi connectivity index (χ1) is 6.92. The van der Waals surface area contributed by atoms with Crippen molar-refractivity contribution in [2.45, 2.75) is 31.6 Å². The lowest BCUT2D eigenvalue weighted by atomic mass is 9.85. The van der Waals surface area contributed by atoms with Crippen LogP contribution in [0.1, 0.15) is 37.2 Å². The zero-order valence-electron chi connectivity index (χ0n) is 8.52. The second-order valence-corrected chi connectivity index (χ2v) is 4.24. The summed E-state index contributed by atoms with van der Waals surface area (Å²) in [5.74, 6) is 1.08. The first kappa shape index (κ1) is 9.72. The van der Waals surface area contributed by atoms with Crippen molar-refractivity contribution < 1.29 is 5.11 Å². The molecule has 0 spiro atoms. The molecule has 0 aliphatic heterocycles. The minimum Gasteiger partial charge on any atom is -0.396 e. The molecule has 0 bridgehead atoms. The maximum atomic E-state index is 9.44. The van der Waals surface area contributed by atoms with Gasteiger partial charge in [-0.25, -0.2) is 0 Å². The van der Waals surface area contributed by atoms with Crippen LogP contribution in [0, 0.1) is 5.92 Å². The lowest BCUT2D eigenvalue weighted by Gasteiger charge is -2.21. The molecule has 1 fully saturated rings. The Bertz CT molecular complexity index is 262. The molecule has 1 nitrogen and oxygen atoms in total. The molecular formula is C13H18O. The van der Waals surface area contributed by atoms with Crippen LogP contribution < -0.4 is 0 Å². The molecule has 0 aromatic heterocycles. The third-order valence-electron chi connectivity index (χ3n) is 3.39. The molecule has 14 heavy (non-hydrogen) atoms. The van der Waals surface area contributed by atoms with Crippen LogP contribution in [-0.2, 0) is 0 Å². The van der Waals surface area contributed by atoms with Crippen LogP contribution in [-0.4, -0.2) is 11.7 Å². The van der Waals surface area contributed by atoms with E-state index in [1.54, 1.807) is 0 Å². The summed E-state index contributed by atoms with van der Waals surface area (Å²) in [6, 6.07) is 10.4. The molecule has 1 aliphatic rings. The van der Waals surface area contributed by atoms with Gasteiger partial charge in [0.25, 0.3) is 0 Å². The molecule has 1 saturated carbocycles. The fraction of sp³-hybridized carbons (Fsp3) is 0.538. The molecule has 1 heteroatoms. The first-order valence-electron chi connectivity index (χ1n) is 5.57. The van der Waals surface area contributed by atoms with E-state index in [1.807, 2.05) is 6.07 Å². The number of hydrogen-bond acceptors (Lipinski definition) is 1. The monoisotopic (exact) mass is 190 g/mol. The summed E-state index contributed by atoms with van der Waals surface area (Å²) in [6.07, 6.45) is 5.27. The Balaban J connectivity index is 2.12. The lowest BCUT2D eigenvalue weighted by molar-refractivity contribution is 0.226. The number of hydrogen-bond donors (Lipinski definition) is 1. The number of aliphatic hydroxyl groups excluding tert-OH is 1. The maximum absolute atomic E-state index is 9.44. The second-order valence-electron chi connectivity index (χ2n) is 4.24. The quantitative estimate of drug-likeness (QED) is 0.777. The van der Waals surface area contributed by atoms with Crippen molar-refractivity contribution in [2.24, 2.45) is 5.92 Å². The molecule has 1 aliphatic carbocycles. The van der Waals surface area contributed by atoms with Crippen molar-refractivity contribution in [2.75, 3.05) is 6.61 Å². The lowest BCUT2D eigenvalue weighted by Crippen LogP contribution is -2.13. The average Bonchev–Trinajstić information content (AvgIpc) is 2.74. The largest absolute Gasteiger partial charge is 0.396 e. The van der Waals surface area contributed by atoms with Gasteiger partial charge in [0, 0.05) is 5.92 Å². The van der Waals surface area contributed by atoms with Crippen LogP contribution in [0.25, 0.3) is 0 Å². The van der Waals surface area contributed by atoms with Crippen LogP contribution in [0.3, 0.4) is 0 Å². The van der Waals surface area contributed by atoms with Crippen LogP contribution in [0.4, 0.5) is 0 Å². The summed E-state index contributed by atoms with van der Waals surface area (Å²) < 4.78 is 0. The van der Waals surface area contributed by atoms with E-state index < -0.39 is 0 Å². The van der Waals surface area contributed by atoms with E-state index in [2.05, 4.69) is 24.3 Å². The summed E-state index contributed by atoms with van der Waals surface area (Å²) in [6.45, 7) is 0.300. The van der Waals surface area contributed by atoms with Crippen LogP contribution >= 0.6 is 0 Å². The van der Waals surface area contributed by atoms with E-state index in [-0.39, 0.29) is 0 Å². The minimum atomic E-state index is 0.300. The van der Waals surface area contributed by atoms with Gasteiger partial charge in [-0.3, -0.25) is 0 Å². The highest BCUT2D eigenvalue weighted by molar-refractivity contribution is 5.20. The third kappa shape index (κ3) is 1.98. The second kappa shape index (κ2) is 4.61. The van der Waals surface area contributed by atoms with E-state index in [1.165, 1.54) is 31.2 Å². The fourth-order valence-corrected chi connectivity index (χ4v) is 2.59. The van der Waals surface area contributed by atoms with Gasteiger partial charge >= 0.3 is 0 Å². The summed E-state index contributed by atoms with van der Waals surface area (Å²) in [5, 5.41) is 9.44. The molecular weight excluding hydrogens is 172 g/mol. The predicted molar refractivity (Wildman–Crippen MR) is 58.2 cm³/mol. The molecule has 0 amide bonds. The van der Waals surface area contributed by atoms with Crippen molar-refractivity contribution in [1.29, 1.82) is 0 Å². The van der Waals surface area contributed by atoms with Crippen LogP contribution in [0.15, 0.2) is 30.3 Å². The van der Waals surface area contributed by atoms with Crippen molar-refractivity contribution in [3.63, 3.8) is 0 Å². The normalized spacial score (nSPS) is 19.8. The van der Waals surface area contributed by atoms with E-state index in [0.717, 1.165) is 0 Å². The Morgan fingerprint density at radius 2 is 1.79 bits per heavy atom. The molecule has 0 radical (unpaired) electrons. The van der Waals surface area contributed by atoms with Gasteiger partial charge in [-0.05, 0) is 24.3 Å². The van der Waals surface area contributed by atoms with E-state index in [4.69, 9.17) is 0 Å². The molecule has 1 atom stereocenters. The minimum absolute atomic E-state index is 0.300. The summed E-state index contributed by atoms with van der Waals surface area (Å²) in [5.41, 5.74) is 1.31. The molecule has 1 N–H and O–H groups in total. The van der Waals surface area contributed by atoms with Gasteiger partial charge in [0.05, 0.1) is 6.61 Å². The Morgan fingerprint density at radius 1 is 1.14 bits per heavy atom. The van der Waals surface area contributed by atoms with E-state index in [9.17, 15) is 5.11 Å². The van der Waals surface area contributed by atoms with E-state index in [0.29, 0.717) is 18.4 Å². The number of benzene rings is 1. The Hall–Kier alpha value is -0.820. The molecule has 0 saturated heterocycles. The summed E-state index contributed by atoms with van der Waals surface area (Å²) >= 11 is 0. The fourth-order valence-electron chi connectivity index (χ4n) is 2.59. The standard InChI is InChI=1S/C13H18O/c14-10-13(12-8-4-5-9-12)11-6-2-1-3-7-11/h1-3,6-7,12-14H,4-5,8-10H2/t13-/m0/s1. The molecule has 76 valence electrons.